The Morgan fingerprint density at radius 1 is 1.19 bits per heavy atom. The van der Waals surface area contributed by atoms with Gasteiger partial charge < -0.3 is 14.8 Å². The summed E-state index contributed by atoms with van der Waals surface area (Å²) in [5, 5.41) is 14.2. The minimum atomic E-state index is -0.380. The van der Waals surface area contributed by atoms with E-state index in [4.69, 9.17) is 9.47 Å². The van der Waals surface area contributed by atoms with Gasteiger partial charge in [-0.15, -0.1) is 0 Å². The van der Waals surface area contributed by atoms with Gasteiger partial charge in [0, 0.05) is 12.6 Å². The highest BCUT2D eigenvalue weighted by molar-refractivity contribution is 5.62. The first kappa shape index (κ1) is 13.2. The SMILES string of the molecule is Cc1ccc(NCc2ccc3c(c2)OCO3)c([N+](=O)[O-])c1. The van der Waals surface area contributed by atoms with Gasteiger partial charge in [0.05, 0.1) is 4.92 Å². The topological polar surface area (TPSA) is 73.6 Å². The van der Waals surface area contributed by atoms with Crippen LogP contribution < -0.4 is 14.8 Å². The fraction of sp³-hybridized carbons (Fsp3) is 0.200. The highest BCUT2D eigenvalue weighted by Crippen LogP contribution is 2.33. The van der Waals surface area contributed by atoms with Crippen molar-refractivity contribution < 1.29 is 14.4 Å². The van der Waals surface area contributed by atoms with Crippen LogP contribution in [-0.4, -0.2) is 11.7 Å². The number of benzene rings is 2. The van der Waals surface area contributed by atoms with Crippen molar-refractivity contribution in [2.45, 2.75) is 13.5 Å². The van der Waals surface area contributed by atoms with Gasteiger partial charge in [0.1, 0.15) is 5.69 Å². The molecule has 1 aliphatic heterocycles. The van der Waals surface area contributed by atoms with Crippen LogP contribution in [0.3, 0.4) is 0 Å². The Morgan fingerprint density at radius 3 is 2.81 bits per heavy atom. The van der Waals surface area contributed by atoms with E-state index in [1.165, 1.54) is 0 Å². The summed E-state index contributed by atoms with van der Waals surface area (Å²) in [6.07, 6.45) is 0. The summed E-state index contributed by atoms with van der Waals surface area (Å²) in [4.78, 5) is 10.7. The number of nitrogens with one attached hydrogen (secondary N) is 1. The van der Waals surface area contributed by atoms with Crippen molar-refractivity contribution in [3.8, 4) is 11.5 Å². The van der Waals surface area contributed by atoms with Gasteiger partial charge in [0.25, 0.3) is 5.69 Å². The van der Waals surface area contributed by atoms with E-state index in [1.807, 2.05) is 31.2 Å². The number of hydrogen-bond acceptors (Lipinski definition) is 5. The number of nitro groups is 1. The van der Waals surface area contributed by atoms with Crippen molar-refractivity contribution in [1.29, 1.82) is 0 Å². The molecule has 6 heteroatoms. The van der Waals surface area contributed by atoms with Gasteiger partial charge in [-0.1, -0.05) is 12.1 Å². The van der Waals surface area contributed by atoms with Gasteiger partial charge in [0.2, 0.25) is 6.79 Å². The number of nitrogens with zero attached hydrogens (tertiary/aromatic N) is 1. The third kappa shape index (κ3) is 2.74. The third-order valence-electron chi connectivity index (χ3n) is 3.27. The maximum Gasteiger partial charge on any atom is 0.292 e. The molecule has 0 spiro atoms. The molecule has 2 aromatic carbocycles. The highest BCUT2D eigenvalue weighted by Gasteiger charge is 2.15. The molecule has 3 rings (SSSR count). The Labute approximate surface area is 121 Å². The average Bonchev–Trinajstić information content (AvgIpc) is 2.93. The lowest BCUT2D eigenvalue weighted by Crippen LogP contribution is -2.03. The molecule has 0 saturated carbocycles. The maximum absolute atomic E-state index is 11.1. The van der Waals surface area contributed by atoms with Crippen LogP contribution >= 0.6 is 0 Å². The van der Waals surface area contributed by atoms with Crippen LogP contribution in [0.4, 0.5) is 11.4 Å². The number of nitro benzene ring substituents is 1. The van der Waals surface area contributed by atoms with Crippen molar-refractivity contribution in [2.24, 2.45) is 0 Å². The first-order valence-corrected chi connectivity index (χ1v) is 6.51. The van der Waals surface area contributed by atoms with E-state index in [9.17, 15) is 10.1 Å². The van der Waals surface area contributed by atoms with E-state index in [2.05, 4.69) is 5.32 Å². The normalized spacial score (nSPS) is 12.2. The summed E-state index contributed by atoms with van der Waals surface area (Å²) in [6.45, 7) is 2.53. The van der Waals surface area contributed by atoms with Crippen LogP contribution in [0.5, 0.6) is 11.5 Å². The maximum atomic E-state index is 11.1. The fourth-order valence-electron chi connectivity index (χ4n) is 2.19. The van der Waals surface area contributed by atoms with Crippen LogP contribution in [0.2, 0.25) is 0 Å². The molecule has 0 aromatic heterocycles. The quantitative estimate of drug-likeness (QED) is 0.690. The zero-order chi connectivity index (χ0) is 14.8. The number of anilines is 1. The number of rotatable bonds is 4. The summed E-state index contributed by atoms with van der Waals surface area (Å²) >= 11 is 0. The first-order chi connectivity index (χ1) is 10.1. The van der Waals surface area contributed by atoms with E-state index in [0.717, 1.165) is 16.9 Å². The van der Waals surface area contributed by atoms with Gasteiger partial charge in [-0.05, 0) is 36.2 Å². The Balaban J connectivity index is 1.77. The van der Waals surface area contributed by atoms with E-state index < -0.39 is 0 Å². The van der Waals surface area contributed by atoms with Crippen LogP contribution in [0.15, 0.2) is 36.4 Å². The molecule has 0 amide bonds. The Hall–Kier alpha value is -2.76. The monoisotopic (exact) mass is 286 g/mol. The number of ether oxygens (including phenoxy) is 2. The molecule has 0 atom stereocenters. The van der Waals surface area contributed by atoms with Crippen LogP contribution in [0.25, 0.3) is 0 Å². The summed E-state index contributed by atoms with van der Waals surface area (Å²) < 4.78 is 10.6. The van der Waals surface area contributed by atoms with Crippen molar-refractivity contribution >= 4 is 11.4 Å². The molecule has 21 heavy (non-hydrogen) atoms. The third-order valence-corrected chi connectivity index (χ3v) is 3.27. The largest absolute Gasteiger partial charge is 0.454 e. The zero-order valence-electron chi connectivity index (χ0n) is 11.5. The molecular weight excluding hydrogens is 272 g/mol. The van der Waals surface area contributed by atoms with Crippen molar-refractivity contribution in [2.75, 3.05) is 12.1 Å². The minimum Gasteiger partial charge on any atom is -0.454 e. The molecule has 1 aliphatic rings. The molecular formula is C15H14N2O4. The molecule has 0 saturated heterocycles. The summed E-state index contributed by atoms with van der Waals surface area (Å²) in [5.74, 6) is 1.42. The predicted molar refractivity (Wildman–Crippen MR) is 77.7 cm³/mol. The van der Waals surface area contributed by atoms with E-state index >= 15 is 0 Å². The molecule has 0 bridgehead atoms. The van der Waals surface area contributed by atoms with Crippen molar-refractivity contribution in [3.05, 3.63) is 57.6 Å². The van der Waals surface area contributed by atoms with E-state index in [0.29, 0.717) is 18.0 Å². The van der Waals surface area contributed by atoms with Crippen LogP contribution in [-0.2, 0) is 6.54 Å². The lowest BCUT2D eigenvalue weighted by atomic mass is 10.1. The number of hydrogen-bond donors (Lipinski definition) is 1. The second-order valence-electron chi connectivity index (χ2n) is 4.82. The van der Waals surface area contributed by atoms with Gasteiger partial charge in [-0.2, -0.15) is 0 Å². The molecule has 0 unspecified atom stereocenters. The standard InChI is InChI=1S/C15H14N2O4/c1-10-2-4-12(13(6-10)17(18)19)16-8-11-3-5-14-15(7-11)21-9-20-14/h2-7,16H,8-9H2,1H3. The molecule has 6 nitrogen and oxygen atoms in total. The summed E-state index contributed by atoms with van der Waals surface area (Å²) in [7, 11) is 0. The highest BCUT2D eigenvalue weighted by atomic mass is 16.7. The second-order valence-corrected chi connectivity index (χ2v) is 4.82. The molecule has 0 radical (unpaired) electrons. The fourth-order valence-corrected chi connectivity index (χ4v) is 2.19. The number of fused-ring (bicyclic) bond motifs is 1. The number of aryl methyl sites for hydroxylation is 1. The van der Waals surface area contributed by atoms with Gasteiger partial charge in [0.15, 0.2) is 11.5 Å². The molecule has 1 heterocycles. The van der Waals surface area contributed by atoms with E-state index in [1.54, 1.807) is 12.1 Å². The molecule has 2 aromatic rings. The van der Waals surface area contributed by atoms with Crippen LogP contribution in [0.1, 0.15) is 11.1 Å². The van der Waals surface area contributed by atoms with Gasteiger partial charge in [-0.3, -0.25) is 10.1 Å². The Bertz CT molecular complexity index is 700. The lowest BCUT2D eigenvalue weighted by Gasteiger charge is -2.08. The first-order valence-electron chi connectivity index (χ1n) is 6.51. The van der Waals surface area contributed by atoms with Crippen LogP contribution in [0, 0.1) is 17.0 Å². The molecule has 1 N–H and O–H groups in total. The minimum absolute atomic E-state index is 0.0794. The molecule has 108 valence electrons. The average molecular weight is 286 g/mol. The van der Waals surface area contributed by atoms with Crippen molar-refractivity contribution in [3.63, 3.8) is 0 Å². The summed E-state index contributed by atoms with van der Waals surface area (Å²) in [6, 6.07) is 10.7. The van der Waals surface area contributed by atoms with Gasteiger partial charge >= 0.3 is 0 Å². The van der Waals surface area contributed by atoms with Gasteiger partial charge in [-0.25, -0.2) is 0 Å². The predicted octanol–water partition coefficient (Wildman–Crippen LogP) is 3.24. The summed E-state index contributed by atoms with van der Waals surface area (Å²) in [5.41, 5.74) is 2.41. The molecule has 0 fully saturated rings. The second kappa shape index (κ2) is 5.32. The van der Waals surface area contributed by atoms with Crippen molar-refractivity contribution in [1.82, 2.24) is 0 Å². The lowest BCUT2D eigenvalue weighted by molar-refractivity contribution is -0.384. The zero-order valence-corrected chi connectivity index (χ0v) is 11.5. The Morgan fingerprint density at radius 2 is 2.00 bits per heavy atom. The molecule has 0 aliphatic carbocycles. The van der Waals surface area contributed by atoms with E-state index in [-0.39, 0.29) is 17.4 Å². The smallest absolute Gasteiger partial charge is 0.292 e. The Kier molecular flexibility index (Phi) is 3.35.